The van der Waals surface area contributed by atoms with Gasteiger partial charge in [0.15, 0.2) is 11.6 Å². The predicted octanol–water partition coefficient (Wildman–Crippen LogP) is 2.24. The number of hydrogen-bond acceptors (Lipinski definition) is 4. The number of nitrogens with one attached hydrogen (secondary N) is 1. The molecule has 5 rings (SSSR count). The number of H-pyrrole nitrogens is 1. The Morgan fingerprint density at radius 2 is 2.03 bits per heavy atom. The molecule has 0 spiro atoms. The van der Waals surface area contributed by atoms with Crippen LogP contribution in [0.2, 0.25) is 0 Å². The van der Waals surface area contributed by atoms with Crippen molar-refractivity contribution in [2.75, 3.05) is 13.1 Å². The van der Waals surface area contributed by atoms with Crippen molar-refractivity contribution in [1.82, 2.24) is 29.5 Å². The molecule has 4 heterocycles. The summed E-state index contributed by atoms with van der Waals surface area (Å²) >= 11 is 0. The monoisotopic (exact) mass is 396 g/mol. The standard InChI is InChI=1S/C20H21FN6O2/c1-12(28)25-7-8-27-18(11-25)23-24-19(27)17-3-2-6-26(17)20(29)16-9-13-4-5-14(21)10-15(13)22-16/h4-5,9-10,17,22H,2-3,6-8,11H2,1H3. The van der Waals surface area contributed by atoms with Crippen LogP contribution in [0.25, 0.3) is 10.9 Å². The first-order valence-corrected chi connectivity index (χ1v) is 9.78. The predicted molar refractivity (Wildman–Crippen MR) is 102 cm³/mol. The van der Waals surface area contributed by atoms with Crippen molar-refractivity contribution in [3.05, 3.63) is 47.4 Å². The Morgan fingerprint density at radius 1 is 1.17 bits per heavy atom. The third kappa shape index (κ3) is 2.97. The maximum Gasteiger partial charge on any atom is 0.270 e. The van der Waals surface area contributed by atoms with E-state index in [-0.39, 0.29) is 23.7 Å². The summed E-state index contributed by atoms with van der Waals surface area (Å²) in [7, 11) is 0. The highest BCUT2D eigenvalue weighted by molar-refractivity contribution is 5.98. The van der Waals surface area contributed by atoms with Gasteiger partial charge in [-0.15, -0.1) is 10.2 Å². The molecule has 1 saturated heterocycles. The van der Waals surface area contributed by atoms with Crippen molar-refractivity contribution >= 4 is 22.7 Å². The lowest BCUT2D eigenvalue weighted by Gasteiger charge is -2.29. The van der Waals surface area contributed by atoms with Crippen LogP contribution in [0.3, 0.4) is 0 Å². The summed E-state index contributed by atoms with van der Waals surface area (Å²) in [5.74, 6) is 1.08. The van der Waals surface area contributed by atoms with E-state index >= 15 is 0 Å². The first-order chi connectivity index (χ1) is 14.0. The van der Waals surface area contributed by atoms with Crippen molar-refractivity contribution in [3.63, 3.8) is 0 Å². The van der Waals surface area contributed by atoms with Crippen LogP contribution in [0.15, 0.2) is 24.3 Å². The number of hydrogen-bond donors (Lipinski definition) is 1. The van der Waals surface area contributed by atoms with Gasteiger partial charge in [-0.1, -0.05) is 0 Å². The van der Waals surface area contributed by atoms with Gasteiger partial charge in [-0.2, -0.15) is 0 Å². The summed E-state index contributed by atoms with van der Waals surface area (Å²) in [5, 5.41) is 9.45. The zero-order valence-electron chi connectivity index (χ0n) is 16.1. The van der Waals surface area contributed by atoms with Crippen molar-refractivity contribution < 1.29 is 14.0 Å². The van der Waals surface area contributed by atoms with Crippen molar-refractivity contribution in [3.8, 4) is 0 Å². The molecule has 0 radical (unpaired) electrons. The highest BCUT2D eigenvalue weighted by Crippen LogP contribution is 2.33. The Bertz CT molecular complexity index is 1120. The number of aromatic nitrogens is 4. The molecule has 2 aliphatic rings. The normalized spacial score (nSPS) is 19.0. The van der Waals surface area contributed by atoms with E-state index in [1.165, 1.54) is 12.1 Å². The van der Waals surface area contributed by atoms with E-state index in [1.807, 2.05) is 9.47 Å². The third-order valence-electron chi connectivity index (χ3n) is 5.85. The number of halogens is 1. The molecule has 0 aliphatic carbocycles. The summed E-state index contributed by atoms with van der Waals surface area (Å²) in [6, 6.07) is 6.04. The van der Waals surface area contributed by atoms with Crippen LogP contribution >= 0.6 is 0 Å². The number of aromatic amines is 1. The van der Waals surface area contributed by atoms with Gasteiger partial charge in [0.1, 0.15) is 11.5 Å². The molecule has 2 aliphatic heterocycles. The number of amides is 2. The zero-order chi connectivity index (χ0) is 20.1. The minimum atomic E-state index is -0.341. The lowest BCUT2D eigenvalue weighted by molar-refractivity contribution is -0.130. The molecule has 3 aromatic rings. The second-order valence-corrected chi connectivity index (χ2v) is 7.64. The number of likely N-dealkylation sites (tertiary alicyclic amines) is 1. The second-order valence-electron chi connectivity index (χ2n) is 7.64. The van der Waals surface area contributed by atoms with Crippen LogP contribution in [-0.2, 0) is 17.9 Å². The fraction of sp³-hybridized carbons (Fsp3) is 0.400. The second kappa shape index (κ2) is 6.68. The van der Waals surface area contributed by atoms with Gasteiger partial charge >= 0.3 is 0 Å². The summed E-state index contributed by atoms with van der Waals surface area (Å²) in [6.07, 6.45) is 1.70. The highest BCUT2D eigenvalue weighted by Gasteiger charge is 2.36. The van der Waals surface area contributed by atoms with Crippen LogP contribution in [-0.4, -0.2) is 54.5 Å². The van der Waals surface area contributed by atoms with Gasteiger partial charge in [0.05, 0.1) is 12.6 Å². The number of carbonyl (C=O) groups is 2. The fourth-order valence-corrected chi connectivity index (χ4v) is 4.34. The molecule has 0 bridgehead atoms. The van der Waals surface area contributed by atoms with Crippen LogP contribution in [0.1, 0.15) is 47.9 Å². The smallest absolute Gasteiger partial charge is 0.270 e. The maximum absolute atomic E-state index is 13.5. The van der Waals surface area contributed by atoms with Gasteiger partial charge in [0.25, 0.3) is 5.91 Å². The highest BCUT2D eigenvalue weighted by atomic mass is 19.1. The van der Waals surface area contributed by atoms with Crippen LogP contribution in [0.5, 0.6) is 0 Å². The first-order valence-electron chi connectivity index (χ1n) is 9.78. The number of rotatable bonds is 2. The Labute approximate surface area is 166 Å². The van der Waals surface area contributed by atoms with E-state index in [9.17, 15) is 14.0 Å². The minimum Gasteiger partial charge on any atom is -0.350 e. The molecule has 29 heavy (non-hydrogen) atoms. The van der Waals surface area contributed by atoms with Gasteiger partial charge in [0, 0.05) is 37.5 Å². The third-order valence-corrected chi connectivity index (χ3v) is 5.85. The number of carbonyl (C=O) groups excluding carboxylic acids is 2. The summed E-state index contributed by atoms with van der Waals surface area (Å²) in [6.45, 7) is 3.87. The summed E-state index contributed by atoms with van der Waals surface area (Å²) < 4.78 is 15.5. The van der Waals surface area contributed by atoms with Gasteiger partial charge in [0.2, 0.25) is 5.91 Å². The van der Waals surface area contributed by atoms with Crippen molar-refractivity contribution in [2.45, 2.75) is 38.9 Å². The summed E-state index contributed by atoms with van der Waals surface area (Å²) in [5.41, 5.74) is 1.05. The average Bonchev–Trinajstić information content (AvgIpc) is 3.43. The Morgan fingerprint density at radius 3 is 2.86 bits per heavy atom. The van der Waals surface area contributed by atoms with Gasteiger partial charge in [-0.3, -0.25) is 9.59 Å². The minimum absolute atomic E-state index is 0.0220. The molecular weight excluding hydrogens is 375 g/mol. The van der Waals surface area contributed by atoms with Crippen molar-refractivity contribution in [2.24, 2.45) is 0 Å². The molecule has 150 valence electrons. The Kier molecular flexibility index (Phi) is 4.11. The van der Waals surface area contributed by atoms with E-state index in [4.69, 9.17) is 0 Å². The van der Waals surface area contributed by atoms with Crippen LogP contribution < -0.4 is 0 Å². The summed E-state index contributed by atoms with van der Waals surface area (Å²) in [4.78, 5) is 31.5. The molecule has 1 aromatic carbocycles. The Balaban J connectivity index is 1.43. The van der Waals surface area contributed by atoms with E-state index in [1.54, 1.807) is 24.0 Å². The van der Waals surface area contributed by atoms with Gasteiger partial charge < -0.3 is 19.4 Å². The van der Waals surface area contributed by atoms with E-state index in [0.717, 1.165) is 29.9 Å². The molecule has 2 aromatic heterocycles. The van der Waals surface area contributed by atoms with Gasteiger partial charge in [-0.25, -0.2) is 4.39 Å². The number of benzene rings is 1. The van der Waals surface area contributed by atoms with Gasteiger partial charge in [-0.05, 0) is 37.1 Å². The Hall–Kier alpha value is -3.23. The molecule has 0 saturated carbocycles. The molecule has 1 fully saturated rings. The van der Waals surface area contributed by atoms with Crippen LogP contribution in [0.4, 0.5) is 4.39 Å². The maximum atomic E-state index is 13.5. The van der Waals surface area contributed by atoms with Crippen molar-refractivity contribution in [1.29, 1.82) is 0 Å². The van der Waals surface area contributed by atoms with E-state index in [0.29, 0.717) is 37.4 Å². The average molecular weight is 396 g/mol. The van der Waals surface area contributed by atoms with E-state index < -0.39 is 0 Å². The first kappa shape index (κ1) is 17.8. The zero-order valence-corrected chi connectivity index (χ0v) is 16.1. The van der Waals surface area contributed by atoms with E-state index in [2.05, 4.69) is 15.2 Å². The molecule has 2 amide bonds. The molecule has 1 unspecified atom stereocenters. The molecular formula is C20H21FN6O2. The van der Waals surface area contributed by atoms with Crippen LogP contribution in [0, 0.1) is 5.82 Å². The number of nitrogens with zero attached hydrogens (tertiary/aromatic N) is 5. The lowest BCUT2D eigenvalue weighted by atomic mass is 10.2. The molecule has 1 N–H and O–H groups in total. The molecule has 9 heteroatoms. The topological polar surface area (TPSA) is 87.1 Å². The molecule has 1 atom stereocenters. The lowest BCUT2D eigenvalue weighted by Crippen LogP contribution is -2.38. The number of fused-ring (bicyclic) bond motifs is 2. The largest absolute Gasteiger partial charge is 0.350 e. The quantitative estimate of drug-likeness (QED) is 0.720. The SMILES string of the molecule is CC(=O)N1CCn2c(nnc2C2CCCN2C(=O)c2cc3ccc(F)cc3[nH]2)C1. The fourth-order valence-electron chi connectivity index (χ4n) is 4.34. The molecule has 8 nitrogen and oxygen atoms in total.